The number of hydrogen-bond acceptors (Lipinski definition) is 5. The lowest BCUT2D eigenvalue weighted by Crippen LogP contribution is -2.44. The fourth-order valence-electron chi connectivity index (χ4n) is 2.54. The van der Waals surface area contributed by atoms with Gasteiger partial charge in [-0.2, -0.15) is 0 Å². The Hall–Kier alpha value is -2.41. The number of likely N-dealkylation sites (tertiary alicyclic amines) is 1. The number of ether oxygens (including phenoxy) is 1. The average molecular weight is 347 g/mol. The second-order valence-corrected chi connectivity index (χ2v) is 6.20. The summed E-state index contributed by atoms with van der Waals surface area (Å²) >= 11 is 0. The Kier molecular flexibility index (Phi) is 6.94. The van der Waals surface area contributed by atoms with Gasteiger partial charge < -0.3 is 15.0 Å². The summed E-state index contributed by atoms with van der Waals surface area (Å²) in [4.78, 5) is 39.1. The number of para-hydroxylation sites is 1. The van der Waals surface area contributed by atoms with Crippen LogP contribution in [0.1, 0.15) is 29.6 Å². The first kappa shape index (κ1) is 18.9. The van der Waals surface area contributed by atoms with Crippen molar-refractivity contribution in [2.45, 2.75) is 19.3 Å². The van der Waals surface area contributed by atoms with Gasteiger partial charge in [-0.15, -0.1) is 0 Å². The van der Waals surface area contributed by atoms with Gasteiger partial charge in [-0.3, -0.25) is 19.3 Å². The van der Waals surface area contributed by atoms with Crippen LogP contribution in [0.5, 0.6) is 5.75 Å². The highest BCUT2D eigenvalue weighted by Gasteiger charge is 2.25. The predicted octanol–water partition coefficient (Wildman–Crippen LogP) is 0.896. The minimum absolute atomic E-state index is 0.169. The monoisotopic (exact) mass is 347 g/mol. The third-order valence-electron chi connectivity index (χ3n) is 3.93. The molecule has 1 aliphatic rings. The molecule has 0 atom stereocenters. The van der Waals surface area contributed by atoms with Crippen LogP contribution in [0.4, 0.5) is 0 Å². The summed E-state index contributed by atoms with van der Waals surface area (Å²) in [5, 5.41) is 2.75. The molecule has 1 aliphatic heterocycles. The summed E-state index contributed by atoms with van der Waals surface area (Å²) in [6.07, 6.45) is 1.39. The molecule has 0 aromatic heterocycles. The molecule has 0 bridgehead atoms. The van der Waals surface area contributed by atoms with Crippen LogP contribution in [0.15, 0.2) is 24.3 Å². The van der Waals surface area contributed by atoms with Crippen LogP contribution < -0.4 is 10.1 Å². The van der Waals surface area contributed by atoms with Crippen LogP contribution >= 0.6 is 0 Å². The molecule has 136 valence electrons. The van der Waals surface area contributed by atoms with Crippen molar-refractivity contribution < 1.29 is 19.1 Å². The van der Waals surface area contributed by atoms with E-state index in [4.69, 9.17) is 4.74 Å². The molecule has 0 unspecified atom stereocenters. The molecule has 0 saturated carbocycles. The van der Waals surface area contributed by atoms with E-state index in [0.29, 0.717) is 37.2 Å². The summed E-state index contributed by atoms with van der Waals surface area (Å²) in [5.41, 5.74) is 0.442. The quantitative estimate of drug-likeness (QED) is 0.707. The van der Waals surface area contributed by atoms with Crippen LogP contribution in [0, 0.1) is 0 Å². The Morgan fingerprint density at radius 3 is 2.56 bits per heavy atom. The lowest BCUT2D eigenvalue weighted by molar-refractivity contribution is -0.147. The Morgan fingerprint density at radius 2 is 1.88 bits per heavy atom. The molecule has 25 heavy (non-hydrogen) atoms. The van der Waals surface area contributed by atoms with Gasteiger partial charge in [-0.05, 0) is 32.6 Å². The molecule has 7 nitrogen and oxygen atoms in total. The van der Waals surface area contributed by atoms with Gasteiger partial charge in [0, 0.05) is 32.5 Å². The van der Waals surface area contributed by atoms with E-state index in [1.54, 1.807) is 18.2 Å². The number of imide groups is 1. The number of carbonyl (C=O) groups is 3. The van der Waals surface area contributed by atoms with Gasteiger partial charge in [0.2, 0.25) is 11.8 Å². The van der Waals surface area contributed by atoms with Gasteiger partial charge >= 0.3 is 0 Å². The number of nitrogens with one attached hydrogen (secondary N) is 1. The van der Waals surface area contributed by atoms with Crippen molar-refractivity contribution in [3.05, 3.63) is 29.8 Å². The van der Waals surface area contributed by atoms with E-state index in [1.165, 1.54) is 4.90 Å². The van der Waals surface area contributed by atoms with E-state index >= 15 is 0 Å². The highest BCUT2D eigenvalue weighted by molar-refractivity contribution is 5.98. The molecule has 0 spiro atoms. The SMILES string of the molecule is CN(C)CCOc1ccccc1C(=O)NCCN1C(=O)CCCC1=O. The summed E-state index contributed by atoms with van der Waals surface area (Å²) < 4.78 is 5.68. The second kappa shape index (κ2) is 9.17. The summed E-state index contributed by atoms with van der Waals surface area (Å²) in [7, 11) is 3.90. The van der Waals surface area contributed by atoms with Crippen molar-refractivity contribution in [3.63, 3.8) is 0 Å². The predicted molar refractivity (Wildman–Crippen MR) is 93.4 cm³/mol. The van der Waals surface area contributed by atoms with E-state index in [1.807, 2.05) is 25.1 Å². The Labute approximate surface area is 147 Å². The fraction of sp³-hybridized carbons (Fsp3) is 0.500. The average Bonchev–Trinajstić information content (AvgIpc) is 2.57. The van der Waals surface area contributed by atoms with Crippen molar-refractivity contribution >= 4 is 17.7 Å². The molecule has 1 fully saturated rings. The second-order valence-electron chi connectivity index (χ2n) is 6.20. The van der Waals surface area contributed by atoms with E-state index in [2.05, 4.69) is 5.32 Å². The standard InChI is InChI=1S/C18H25N3O4/c1-20(2)12-13-25-15-7-4-3-6-14(15)18(24)19-10-11-21-16(22)8-5-9-17(21)23/h3-4,6-7H,5,8-13H2,1-2H3,(H,19,24). The molecule has 1 saturated heterocycles. The molecule has 1 aromatic carbocycles. The number of likely N-dealkylation sites (N-methyl/N-ethyl adjacent to an activating group) is 1. The number of rotatable bonds is 8. The van der Waals surface area contributed by atoms with Crippen molar-refractivity contribution in [3.8, 4) is 5.75 Å². The minimum Gasteiger partial charge on any atom is -0.491 e. The molecule has 1 heterocycles. The Balaban J connectivity index is 1.88. The molecular formula is C18H25N3O4. The minimum atomic E-state index is -0.280. The van der Waals surface area contributed by atoms with Gasteiger partial charge in [-0.1, -0.05) is 12.1 Å². The zero-order valence-electron chi connectivity index (χ0n) is 14.8. The third kappa shape index (κ3) is 5.56. The lowest BCUT2D eigenvalue weighted by atomic mass is 10.1. The van der Waals surface area contributed by atoms with Crippen molar-refractivity contribution in [2.24, 2.45) is 0 Å². The first-order chi connectivity index (χ1) is 12.0. The van der Waals surface area contributed by atoms with E-state index in [0.717, 1.165) is 6.54 Å². The van der Waals surface area contributed by atoms with Gasteiger partial charge in [-0.25, -0.2) is 0 Å². The van der Waals surface area contributed by atoms with Gasteiger partial charge in [0.25, 0.3) is 5.91 Å². The third-order valence-corrected chi connectivity index (χ3v) is 3.93. The zero-order chi connectivity index (χ0) is 18.2. The van der Waals surface area contributed by atoms with E-state index in [9.17, 15) is 14.4 Å². The first-order valence-corrected chi connectivity index (χ1v) is 8.47. The molecule has 7 heteroatoms. The molecule has 1 N–H and O–H groups in total. The molecule has 0 aliphatic carbocycles. The van der Waals surface area contributed by atoms with Crippen LogP contribution in [-0.4, -0.2) is 67.9 Å². The van der Waals surface area contributed by atoms with E-state index < -0.39 is 0 Å². The Bertz CT molecular complexity index is 615. The van der Waals surface area contributed by atoms with Crippen molar-refractivity contribution in [1.29, 1.82) is 0 Å². The fourth-order valence-corrected chi connectivity index (χ4v) is 2.54. The maximum Gasteiger partial charge on any atom is 0.255 e. The van der Waals surface area contributed by atoms with Crippen LogP contribution in [0.25, 0.3) is 0 Å². The van der Waals surface area contributed by atoms with Crippen molar-refractivity contribution in [2.75, 3.05) is 40.3 Å². The van der Waals surface area contributed by atoms with Crippen LogP contribution in [-0.2, 0) is 9.59 Å². The largest absolute Gasteiger partial charge is 0.491 e. The molecule has 2 rings (SSSR count). The van der Waals surface area contributed by atoms with Gasteiger partial charge in [0.15, 0.2) is 0 Å². The topological polar surface area (TPSA) is 79.0 Å². The number of piperidine rings is 1. The molecule has 3 amide bonds. The number of amides is 3. The van der Waals surface area contributed by atoms with Crippen LogP contribution in [0.3, 0.4) is 0 Å². The maximum absolute atomic E-state index is 12.4. The summed E-state index contributed by atoms with van der Waals surface area (Å²) in [6.45, 7) is 1.65. The lowest BCUT2D eigenvalue weighted by Gasteiger charge is -2.24. The highest BCUT2D eigenvalue weighted by atomic mass is 16.5. The summed E-state index contributed by atoms with van der Waals surface area (Å²) in [5.74, 6) is -0.0971. The van der Waals surface area contributed by atoms with E-state index in [-0.39, 0.29) is 30.8 Å². The molecule has 0 radical (unpaired) electrons. The first-order valence-electron chi connectivity index (χ1n) is 8.47. The van der Waals surface area contributed by atoms with Crippen molar-refractivity contribution in [1.82, 2.24) is 15.1 Å². The number of carbonyl (C=O) groups excluding carboxylic acids is 3. The number of hydrogen-bond donors (Lipinski definition) is 1. The summed E-state index contributed by atoms with van der Waals surface area (Å²) in [6, 6.07) is 7.03. The molecular weight excluding hydrogens is 322 g/mol. The zero-order valence-corrected chi connectivity index (χ0v) is 14.8. The van der Waals surface area contributed by atoms with Gasteiger partial charge in [0.1, 0.15) is 12.4 Å². The maximum atomic E-state index is 12.4. The smallest absolute Gasteiger partial charge is 0.255 e. The van der Waals surface area contributed by atoms with Gasteiger partial charge in [0.05, 0.1) is 5.56 Å². The number of nitrogens with zero attached hydrogens (tertiary/aromatic N) is 2. The normalized spacial score (nSPS) is 14.8. The highest BCUT2D eigenvalue weighted by Crippen LogP contribution is 2.18. The molecule has 1 aromatic rings. The van der Waals surface area contributed by atoms with Crippen LogP contribution in [0.2, 0.25) is 0 Å². The number of benzene rings is 1. The Morgan fingerprint density at radius 1 is 1.20 bits per heavy atom.